The number of hydrogen-bond acceptors (Lipinski definition) is 4. The maximum Gasteiger partial charge on any atom is 0.231 e. The first-order chi connectivity index (χ1) is 9.70. The van der Waals surface area contributed by atoms with E-state index >= 15 is 0 Å². The second-order valence-corrected chi connectivity index (χ2v) is 5.34. The van der Waals surface area contributed by atoms with Crippen LogP contribution in [0.2, 0.25) is 0 Å². The van der Waals surface area contributed by atoms with Crippen LogP contribution in [-0.4, -0.2) is 21.3 Å². The van der Waals surface area contributed by atoms with Gasteiger partial charge in [-0.05, 0) is 19.8 Å². The topological polar surface area (TPSA) is 83.8 Å². The van der Waals surface area contributed by atoms with Gasteiger partial charge in [-0.1, -0.05) is 18.0 Å². The molecular weight excluding hydrogens is 256 g/mol. The SMILES string of the molecule is Cc1cc(CC(=O)Nc2cc(C3CCCC3)[nH]n2)no1. The Morgan fingerprint density at radius 2 is 2.25 bits per heavy atom. The molecule has 1 aliphatic rings. The zero-order valence-corrected chi connectivity index (χ0v) is 11.5. The summed E-state index contributed by atoms with van der Waals surface area (Å²) in [6.45, 7) is 1.80. The number of hydrogen-bond donors (Lipinski definition) is 2. The Balaban J connectivity index is 1.58. The van der Waals surface area contributed by atoms with Crippen LogP contribution in [0.4, 0.5) is 5.82 Å². The Bertz CT molecular complexity index is 596. The average molecular weight is 274 g/mol. The summed E-state index contributed by atoms with van der Waals surface area (Å²) in [6, 6.07) is 3.69. The fraction of sp³-hybridized carbons (Fsp3) is 0.500. The number of carbonyl (C=O) groups is 1. The summed E-state index contributed by atoms with van der Waals surface area (Å²) in [5.41, 5.74) is 1.75. The van der Waals surface area contributed by atoms with Gasteiger partial charge >= 0.3 is 0 Å². The van der Waals surface area contributed by atoms with Gasteiger partial charge in [0.2, 0.25) is 5.91 Å². The molecule has 2 heterocycles. The van der Waals surface area contributed by atoms with E-state index in [2.05, 4.69) is 20.7 Å². The Kier molecular flexibility index (Phi) is 3.54. The number of anilines is 1. The van der Waals surface area contributed by atoms with Crippen molar-refractivity contribution in [1.82, 2.24) is 15.4 Å². The largest absolute Gasteiger partial charge is 0.361 e. The molecule has 1 saturated carbocycles. The van der Waals surface area contributed by atoms with Crippen molar-refractivity contribution in [1.29, 1.82) is 0 Å². The molecule has 2 aromatic heterocycles. The van der Waals surface area contributed by atoms with Crippen molar-refractivity contribution in [3.63, 3.8) is 0 Å². The van der Waals surface area contributed by atoms with Gasteiger partial charge in [0, 0.05) is 23.7 Å². The van der Waals surface area contributed by atoms with Crippen molar-refractivity contribution in [2.75, 3.05) is 5.32 Å². The van der Waals surface area contributed by atoms with Crippen molar-refractivity contribution >= 4 is 11.7 Å². The molecule has 0 spiro atoms. The van der Waals surface area contributed by atoms with Gasteiger partial charge in [-0.25, -0.2) is 0 Å². The molecular formula is C14H18N4O2. The maximum absolute atomic E-state index is 11.9. The van der Waals surface area contributed by atoms with Gasteiger partial charge in [0.1, 0.15) is 5.76 Å². The number of aryl methyl sites for hydroxylation is 1. The van der Waals surface area contributed by atoms with Gasteiger partial charge in [-0.2, -0.15) is 5.10 Å². The molecule has 2 aromatic rings. The molecule has 3 rings (SSSR count). The fourth-order valence-electron chi connectivity index (χ4n) is 2.70. The quantitative estimate of drug-likeness (QED) is 0.897. The number of H-pyrrole nitrogens is 1. The van der Waals surface area contributed by atoms with Crippen LogP contribution in [0.1, 0.15) is 48.7 Å². The first-order valence-electron chi connectivity index (χ1n) is 6.98. The van der Waals surface area contributed by atoms with Crippen molar-refractivity contribution < 1.29 is 9.32 Å². The predicted molar refractivity (Wildman–Crippen MR) is 73.4 cm³/mol. The average Bonchev–Trinajstić information content (AvgIpc) is 3.10. The van der Waals surface area contributed by atoms with Crippen molar-refractivity contribution in [2.45, 2.75) is 44.9 Å². The lowest BCUT2D eigenvalue weighted by molar-refractivity contribution is -0.115. The van der Waals surface area contributed by atoms with Crippen LogP contribution in [0.25, 0.3) is 0 Å². The number of nitrogens with one attached hydrogen (secondary N) is 2. The number of nitrogens with zero attached hydrogens (tertiary/aromatic N) is 2. The zero-order valence-electron chi connectivity index (χ0n) is 11.5. The summed E-state index contributed by atoms with van der Waals surface area (Å²) in [4.78, 5) is 11.9. The molecule has 0 aromatic carbocycles. The lowest BCUT2D eigenvalue weighted by Gasteiger charge is -2.03. The normalized spacial score (nSPS) is 15.7. The molecule has 20 heavy (non-hydrogen) atoms. The molecule has 1 amide bonds. The highest BCUT2D eigenvalue weighted by Gasteiger charge is 2.19. The molecule has 106 valence electrons. The number of aromatic amines is 1. The highest BCUT2D eigenvalue weighted by Crippen LogP contribution is 2.33. The molecule has 0 radical (unpaired) electrons. The van der Waals surface area contributed by atoms with E-state index in [4.69, 9.17) is 4.52 Å². The number of aromatic nitrogens is 3. The van der Waals surface area contributed by atoms with Crippen LogP contribution in [0.15, 0.2) is 16.7 Å². The summed E-state index contributed by atoms with van der Waals surface area (Å²) in [5.74, 6) is 1.71. The molecule has 0 bridgehead atoms. The third-order valence-corrected chi connectivity index (χ3v) is 3.68. The molecule has 0 atom stereocenters. The highest BCUT2D eigenvalue weighted by atomic mass is 16.5. The van der Waals surface area contributed by atoms with Gasteiger partial charge in [0.05, 0.1) is 12.1 Å². The van der Waals surface area contributed by atoms with E-state index in [1.54, 1.807) is 13.0 Å². The first-order valence-corrected chi connectivity index (χ1v) is 6.98. The Morgan fingerprint density at radius 1 is 1.45 bits per heavy atom. The van der Waals surface area contributed by atoms with Crippen LogP contribution >= 0.6 is 0 Å². The van der Waals surface area contributed by atoms with E-state index < -0.39 is 0 Å². The van der Waals surface area contributed by atoms with Gasteiger partial charge in [-0.3, -0.25) is 9.89 Å². The summed E-state index contributed by atoms with van der Waals surface area (Å²) < 4.78 is 4.94. The molecule has 1 aliphatic carbocycles. The summed E-state index contributed by atoms with van der Waals surface area (Å²) in [5, 5.41) is 13.8. The minimum Gasteiger partial charge on any atom is -0.361 e. The zero-order chi connectivity index (χ0) is 13.9. The van der Waals surface area contributed by atoms with Crippen LogP contribution in [-0.2, 0) is 11.2 Å². The molecule has 6 heteroatoms. The van der Waals surface area contributed by atoms with Crippen LogP contribution in [0.3, 0.4) is 0 Å². The van der Waals surface area contributed by atoms with Crippen molar-refractivity contribution in [3.8, 4) is 0 Å². The number of carbonyl (C=O) groups excluding carboxylic acids is 1. The van der Waals surface area contributed by atoms with E-state index in [9.17, 15) is 4.79 Å². The molecule has 6 nitrogen and oxygen atoms in total. The minimum atomic E-state index is -0.136. The van der Waals surface area contributed by atoms with E-state index in [1.165, 1.54) is 25.7 Å². The van der Waals surface area contributed by atoms with Crippen LogP contribution in [0.5, 0.6) is 0 Å². The molecule has 1 fully saturated rings. The van der Waals surface area contributed by atoms with E-state index in [-0.39, 0.29) is 12.3 Å². The van der Waals surface area contributed by atoms with Gasteiger partial charge < -0.3 is 9.84 Å². The third-order valence-electron chi connectivity index (χ3n) is 3.68. The first kappa shape index (κ1) is 12.9. The van der Waals surface area contributed by atoms with Crippen LogP contribution < -0.4 is 5.32 Å². The summed E-state index contributed by atoms with van der Waals surface area (Å²) in [7, 11) is 0. The van der Waals surface area contributed by atoms with Gasteiger partial charge in [0.25, 0.3) is 0 Å². The lowest BCUT2D eigenvalue weighted by Crippen LogP contribution is -2.14. The predicted octanol–water partition coefficient (Wildman–Crippen LogP) is 2.54. The minimum absolute atomic E-state index is 0.136. The van der Waals surface area contributed by atoms with E-state index in [0.29, 0.717) is 23.2 Å². The maximum atomic E-state index is 11.9. The third kappa shape index (κ3) is 2.89. The highest BCUT2D eigenvalue weighted by molar-refractivity contribution is 5.91. The molecule has 2 N–H and O–H groups in total. The number of rotatable bonds is 4. The van der Waals surface area contributed by atoms with Crippen molar-refractivity contribution in [2.24, 2.45) is 0 Å². The Morgan fingerprint density at radius 3 is 2.95 bits per heavy atom. The number of amides is 1. The van der Waals surface area contributed by atoms with E-state index in [1.807, 2.05) is 6.07 Å². The van der Waals surface area contributed by atoms with Crippen LogP contribution in [0, 0.1) is 6.92 Å². The lowest BCUT2D eigenvalue weighted by atomic mass is 10.0. The Hall–Kier alpha value is -2.11. The summed E-state index contributed by atoms with van der Waals surface area (Å²) >= 11 is 0. The van der Waals surface area contributed by atoms with Gasteiger partial charge in [0.15, 0.2) is 5.82 Å². The monoisotopic (exact) mass is 274 g/mol. The second-order valence-electron chi connectivity index (χ2n) is 5.34. The molecule has 0 saturated heterocycles. The van der Waals surface area contributed by atoms with E-state index in [0.717, 1.165) is 5.69 Å². The smallest absolute Gasteiger partial charge is 0.231 e. The second kappa shape index (κ2) is 5.48. The summed E-state index contributed by atoms with van der Waals surface area (Å²) in [6.07, 6.45) is 5.15. The van der Waals surface area contributed by atoms with Crippen molar-refractivity contribution in [3.05, 3.63) is 29.3 Å². The standard InChI is InChI=1S/C14H18N4O2/c1-9-6-11(18-20-9)7-14(19)15-13-8-12(16-17-13)10-4-2-3-5-10/h6,8,10H,2-5,7H2,1H3,(H2,15,16,17,19). The molecule has 0 aliphatic heterocycles. The Labute approximate surface area is 116 Å². The van der Waals surface area contributed by atoms with Gasteiger partial charge in [-0.15, -0.1) is 0 Å². The fourth-order valence-corrected chi connectivity index (χ4v) is 2.70. The molecule has 0 unspecified atom stereocenters.